The van der Waals surface area contributed by atoms with E-state index in [2.05, 4.69) is 5.32 Å². The van der Waals surface area contributed by atoms with Crippen LogP contribution in [0.4, 0.5) is 11.4 Å². The van der Waals surface area contributed by atoms with Gasteiger partial charge in [0.2, 0.25) is 11.8 Å². The quantitative estimate of drug-likeness (QED) is 0.760. The second-order valence-electron chi connectivity index (χ2n) is 7.33. The average Bonchev–Trinajstić information content (AvgIpc) is 2.99. The van der Waals surface area contributed by atoms with Gasteiger partial charge in [-0.3, -0.25) is 14.4 Å². The molecule has 0 spiro atoms. The molecule has 3 amide bonds. The van der Waals surface area contributed by atoms with E-state index in [1.807, 2.05) is 0 Å². The zero-order valence-electron chi connectivity index (χ0n) is 16.0. The molecule has 7 heteroatoms. The Kier molecular flexibility index (Phi) is 5.28. The molecular weight excluding hydrogens is 392 g/mol. The van der Waals surface area contributed by atoms with Gasteiger partial charge >= 0.3 is 0 Å². The van der Waals surface area contributed by atoms with Gasteiger partial charge in [0.25, 0.3) is 5.91 Å². The van der Waals surface area contributed by atoms with Crippen LogP contribution in [-0.2, 0) is 9.59 Å². The molecule has 0 unspecified atom stereocenters. The largest absolute Gasteiger partial charge is 0.495 e. The summed E-state index contributed by atoms with van der Waals surface area (Å²) >= 11 is 6.04. The second-order valence-corrected chi connectivity index (χ2v) is 7.76. The van der Waals surface area contributed by atoms with E-state index in [1.165, 1.54) is 12.0 Å². The predicted octanol–water partition coefficient (Wildman–Crippen LogP) is 4.28. The Labute approximate surface area is 173 Å². The number of hydrogen-bond donors (Lipinski definition) is 1. The lowest BCUT2D eigenvalue weighted by molar-refractivity contribution is -0.122. The third-order valence-electron chi connectivity index (χ3n) is 5.64. The number of carbonyl (C=O) groups is 3. The maximum Gasteiger partial charge on any atom is 0.257 e. The van der Waals surface area contributed by atoms with E-state index in [0.717, 1.165) is 25.7 Å². The molecule has 4 rings (SSSR count). The van der Waals surface area contributed by atoms with Crippen molar-refractivity contribution in [1.29, 1.82) is 0 Å². The van der Waals surface area contributed by atoms with Crippen molar-refractivity contribution in [2.75, 3.05) is 17.3 Å². The van der Waals surface area contributed by atoms with Crippen LogP contribution in [0, 0.1) is 11.8 Å². The number of methoxy groups -OCH3 is 1. The van der Waals surface area contributed by atoms with Gasteiger partial charge in [0.1, 0.15) is 5.75 Å². The standard InChI is InChI=1S/C22H21ClN2O4/c1-29-19-11-10-13(23)12-17(19)24-20(26)16-8-4-5-9-18(16)25-21(27)14-6-2-3-7-15(14)22(25)28/h4-5,8-12,14-15H,2-3,6-7H2,1H3,(H,24,26)/t14-,15-/m0/s1. The molecule has 1 heterocycles. The highest BCUT2D eigenvalue weighted by Gasteiger charge is 2.49. The smallest absolute Gasteiger partial charge is 0.257 e. The summed E-state index contributed by atoms with van der Waals surface area (Å²) in [5, 5.41) is 3.22. The maximum absolute atomic E-state index is 13.0. The van der Waals surface area contributed by atoms with Gasteiger partial charge < -0.3 is 10.1 Å². The number of halogens is 1. The molecule has 1 aliphatic carbocycles. The van der Waals surface area contributed by atoms with E-state index in [9.17, 15) is 14.4 Å². The Morgan fingerprint density at radius 2 is 1.72 bits per heavy atom. The maximum atomic E-state index is 13.0. The zero-order chi connectivity index (χ0) is 20.5. The lowest BCUT2D eigenvalue weighted by Gasteiger charge is -2.19. The molecule has 1 N–H and O–H groups in total. The van der Waals surface area contributed by atoms with Gasteiger partial charge in [-0.25, -0.2) is 4.90 Å². The van der Waals surface area contributed by atoms with Crippen molar-refractivity contribution in [3.05, 3.63) is 53.1 Å². The van der Waals surface area contributed by atoms with Crippen molar-refractivity contribution in [3.8, 4) is 5.75 Å². The summed E-state index contributed by atoms with van der Waals surface area (Å²) in [4.78, 5) is 40.2. The van der Waals surface area contributed by atoms with Crippen LogP contribution in [-0.4, -0.2) is 24.8 Å². The molecule has 1 aliphatic heterocycles. The molecule has 2 aromatic rings. The van der Waals surface area contributed by atoms with E-state index < -0.39 is 5.91 Å². The summed E-state index contributed by atoms with van der Waals surface area (Å²) in [7, 11) is 1.50. The van der Waals surface area contributed by atoms with E-state index in [1.54, 1.807) is 42.5 Å². The number of nitrogens with one attached hydrogen (secondary N) is 1. The fraction of sp³-hybridized carbons (Fsp3) is 0.318. The number of ether oxygens (including phenoxy) is 1. The van der Waals surface area contributed by atoms with E-state index >= 15 is 0 Å². The average molecular weight is 413 g/mol. The number of para-hydroxylation sites is 1. The second kappa shape index (κ2) is 7.87. The molecule has 150 valence electrons. The minimum Gasteiger partial charge on any atom is -0.495 e. The summed E-state index contributed by atoms with van der Waals surface area (Å²) in [5.74, 6) is -0.961. The van der Waals surface area contributed by atoms with Crippen LogP contribution in [0.1, 0.15) is 36.0 Å². The molecule has 1 saturated carbocycles. The number of benzene rings is 2. The third-order valence-corrected chi connectivity index (χ3v) is 5.88. The summed E-state index contributed by atoms with van der Waals surface area (Å²) in [6.07, 6.45) is 3.34. The minimum atomic E-state index is -0.448. The van der Waals surface area contributed by atoms with Crippen LogP contribution in [0.3, 0.4) is 0 Å². The van der Waals surface area contributed by atoms with Crippen LogP contribution in [0.2, 0.25) is 5.02 Å². The van der Waals surface area contributed by atoms with Crippen LogP contribution >= 0.6 is 11.6 Å². The van der Waals surface area contributed by atoms with E-state index in [4.69, 9.17) is 16.3 Å². The van der Waals surface area contributed by atoms with Crippen LogP contribution in [0.5, 0.6) is 5.75 Å². The van der Waals surface area contributed by atoms with Crippen molar-refractivity contribution in [1.82, 2.24) is 0 Å². The monoisotopic (exact) mass is 412 g/mol. The molecule has 2 aliphatic rings. The first kappa shape index (κ1) is 19.5. The summed E-state index contributed by atoms with van der Waals surface area (Å²) in [5.41, 5.74) is 0.970. The first-order valence-corrected chi connectivity index (χ1v) is 10.0. The summed E-state index contributed by atoms with van der Waals surface area (Å²) < 4.78 is 5.27. The molecule has 0 bridgehead atoms. The highest BCUT2D eigenvalue weighted by molar-refractivity contribution is 6.31. The molecule has 0 radical (unpaired) electrons. The number of imide groups is 1. The summed E-state index contributed by atoms with van der Waals surface area (Å²) in [6, 6.07) is 11.6. The molecule has 2 atom stereocenters. The molecule has 29 heavy (non-hydrogen) atoms. The molecule has 1 saturated heterocycles. The molecule has 6 nitrogen and oxygen atoms in total. The summed E-state index contributed by atoms with van der Waals surface area (Å²) in [6.45, 7) is 0. The van der Waals surface area contributed by atoms with Gasteiger partial charge in [-0.15, -0.1) is 0 Å². The number of nitrogens with zero attached hydrogens (tertiary/aromatic N) is 1. The van der Waals surface area contributed by atoms with Crippen LogP contribution in [0.15, 0.2) is 42.5 Å². The number of rotatable bonds is 4. The van der Waals surface area contributed by atoms with Crippen molar-refractivity contribution in [3.63, 3.8) is 0 Å². The van der Waals surface area contributed by atoms with Crippen molar-refractivity contribution in [2.24, 2.45) is 11.8 Å². The van der Waals surface area contributed by atoms with E-state index in [0.29, 0.717) is 22.1 Å². The first-order valence-electron chi connectivity index (χ1n) is 9.63. The fourth-order valence-electron chi connectivity index (χ4n) is 4.23. The Morgan fingerprint density at radius 3 is 2.38 bits per heavy atom. The Morgan fingerprint density at radius 1 is 1.07 bits per heavy atom. The van der Waals surface area contributed by atoms with Gasteiger partial charge in [0.05, 0.1) is 35.9 Å². The number of amides is 3. The highest BCUT2D eigenvalue weighted by Crippen LogP contribution is 2.41. The SMILES string of the molecule is COc1ccc(Cl)cc1NC(=O)c1ccccc1N1C(=O)[C@H]2CCCC[C@@H]2C1=O. The fourth-order valence-corrected chi connectivity index (χ4v) is 4.40. The number of carbonyl (C=O) groups excluding carboxylic acids is 3. The minimum absolute atomic E-state index is 0.208. The predicted molar refractivity (Wildman–Crippen MR) is 110 cm³/mol. The lowest BCUT2D eigenvalue weighted by Crippen LogP contribution is -2.32. The van der Waals surface area contributed by atoms with Gasteiger partial charge in [-0.2, -0.15) is 0 Å². The Balaban J connectivity index is 1.67. The zero-order valence-corrected chi connectivity index (χ0v) is 16.7. The van der Waals surface area contributed by atoms with E-state index in [-0.39, 0.29) is 29.2 Å². The van der Waals surface area contributed by atoms with Crippen molar-refractivity contribution >= 4 is 40.7 Å². The Bertz CT molecular complexity index is 967. The molecular formula is C22H21ClN2O4. The van der Waals surface area contributed by atoms with Gasteiger partial charge in [-0.05, 0) is 43.2 Å². The van der Waals surface area contributed by atoms with Gasteiger partial charge in [-0.1, -0.05) is 36.6 Å². The molecule has 2 aromatic carbocycles. The lowest BCUT2D eigenvalue weighted by atomic mass is 9.81. The first-order chi connectivity index (χ1) is 14.0. The molecule has 2 fully saturated rings. The Hall–Kier alpha value is -2.86. The molecule has 0 aromatic heterocycles. The number of anilines is 2. The third kappa shape index (κ3) is 3.49. The van der Waals surface area contributed by atoms with Crippen LogP contribution < -0.4 is 15.0 Å². The van der Waals surface area contributed by atoms with Gasteiger partial charge in [0.15, 0.2) is 0 Å². The normalized spacial score (nSPS) is 21.1. The van der Waals surface area contributed by atoms with Crippen LogP contribution in [0.25, 0.3) is 0 Å². The number of hydrogen-bond acceptors (Lipinski definition) is 4. The van der Waals surface area contributed by atoms with Crippen molar-refractivity contribution in [2.45, 2.75) is 25.7 Å². The number of fused-ring (bicyclic) bond motifs is 1. The topological polar surface area (TPSA) is 75.7 Å². The van der Waals surface area contributed by atoms with Crippen molar-refractivity contribution < 1.29 is 19.1 Å². The van der Waals surface area contributed by atoms with Gasteiger partial charge in [0, 0.05) is 5.02 Å². The highest BCUT2D eigenvalue weighted by atomic mass is 35.5.